The van der Waals surface area contributed by atoms with E-state index in [4.69, 9.17) is 23.2 Å². The lowest BCUT2D eigenvalue weighted by Gasteiger charge is -2.05. The van der Waals surface area contributed by atoms with Gasteiger partial charge >= 0.3 is 5.69 Å². The molecule has 1 heterocycles. The highest BCUT2D eigenvalue weighted by molar-refractivity contribution is 6.34. The average Bonchev–Trinajstić information content (AvgIpc) is 2.58. The summed E-state index contributed by atoms with van der Waals surface area (Å²) in [6.07, 6.45) is 0.642. The van der Waals surface area contributed by atoms with E-state index >= 15 is 0 Å². The van der Waals surface area contributed by atoms with Gasteiger partial charge in [0, 0.05) is 16.5 Å². The predicted molar refractivity (Wildman–Crippen MR) is 63.6 cm³/mol. The molecule has 84 valence electrons. The molecule has 0 saturated heterocycles. The van der Waals surface area contributed by atoms with Gasteiger partial charge in [0.15, 0.2) is 0 Å². The van der Waals surface area contributed by atoms with Crippen LogP contribution in [0.5, 0.6) is 0 Å². The van der Waals surface area contributed by atoms with E-state index in [0.29, 0.717) is 28.0 Å². The van der Waals surface area contributed by atoms with Crippen LogP contribution < -0.4 is 5.69 Å². The zero-order chi connectivity index (χ0) is 11.7. The molecule has 2 aromatic rings. The molecule has 0 spiro atoms. The second-order valence-electron chi connectivity index (χ2n) is 3.26. The van der Waals surface area contributed by atoms with Gasteiger partial charge in [-0.15, -0.1) is 0 Å². The largest absolute Gasteiger partial charge is 0.347 e. The number of benzene rings is 1. The molecule has 0 saturated carbocycles. The van der Waals surface area contributed by atoms with Gasteiger partial charge in [0.1, 0.15) is 5.82 Å². The minimum absolute atomic E-state index is 0.296. The second kappa shape index (κ2) is 4.31. The van der Waals surface area contributed by atoms with Gasteiger partial charge in [-0.1, -0.05) is 30.1 Å². The van der Waals surface area contributed by atoms with Crippen molar-refractivity contribution >= 4 is 23.2 Å². The molecule has 6 heteroatoms. The summed E-state index contributed by atoms with van der Waals surface area (Å²) in [5.74, 6) is 0.642. The second-order valence-corrected chi connectivity index (χ2v) is 4.13. The van der Waals surface area contributed by atoms with Gasteiger partial charge in [-0.2, -0.15) is 5.10 Å². The summed E-state index contributed by atoms with van der Waals surface area (Å²) in [6.45, 7) is 1.91. The maximum absolute atomic E-state index is 11.6. The van der Waals surface area contributed by atoms with E-state index in [0.717, 1.165) is 0 Å². The number of hydrogen-bond donors (Lipinski definition) is 1. The molecule has 2 rings (SSSR count). The molecule has 1 aromatic heterocycles. The number of hydrogen-bond acceptors (Lipinski definition) is 2. The Bertz CT molecular complexity index is 553. The highest BCUT2D eigenvalue weighted by Gasteiger charge is 2.09. The van der Waals surface area contributed by atoms with Crippen LogP contribution in [0.3, 0.4) is 0 Å². The first-order valence-corrected chi connectivity index (χ1v) is 5.50. The van der Waals surface area contributed by atoms with Gasteiger partial charge in [-0.3, -0.25) is 0 Å². The summed E-state index contributed by atoms with van der Waals surface area (Å²) in [6, 6.07) is 4.95. The molecular formula is C10H9Cl2N3O. The van der Waals surface area contributed by atoms with Gasteiger partial charge in [-0.05, 0) is 18.2 Å². The van der Waals surface area contributed by atoms with Crippen LogP contribution >= 0.6 is 23.2 Å². The van der Waals surface area contributed by atoms with Gasteiger partial charge in [0.2, 0.25) is 0 Å². The Morgan fingerprint density at radius 1 is 1.31 bits per heavy atom. The number of rotatable bonds is 2. The summed E-state index contributed by atoms with van der Waals surface area (Å²) in [7, 11) is 0. The SMILES string of the molecule is CCc1n[nH]c(=O)n1-c1cc(Cl)cc(Cl)c1. The molecule has 1 N–H and O–H groups in total. The van der Waals surface area contributed by atoms with E-state index < -0.39 is 0 Å². The van der Waals surface area contributed by atoms with Crippen LogP contribution in [0.4, 0.5) is 0 Å². The monoisotopic (exact) mass is 257 g/mol. The normalized spacial score (nSPS) is 10.7. The van der Waals surface area contributed by atoms with Crippen LogP contribution in [0.15, 0.2) is 23.0 Å². The summed E-state index contributed by atoms with van der Waals surface area (Å²) >= 11 is 11.8. The van der Waals surface area contributed by atoms with Crippen LogP contribution in [-0.2, 0) is 6.42 Å². The number of nitrogens with one attached hydrogen (secondary N) is 1. The number of halogens is 2. The first kappa shape index (κ1) is 11.2. The van der Waals surface area contributed by atoms with Crippen LogP contribution in [0.25, 0.3) is 5.69 Å². The summed E-state index contributed by atoms with van der Waals surface area (Å²) in [5, 5.41) is 7.27. The molecule has 16 heavy (non-hydrogen) atoms. The molecule has 0 atom stereocenters. The summed E-state index contributed by atoms with van der Waals surface area (Å²) < 4.78 is 1.46. The minimum Gasteiger partial charge on any atom is -0.247 e. The number of H-pyrrole nitrogens is 1. The van der Waals surface area contributed by atoms with Crippen molar-refractivity contribution in [3.63, 3.8) is 0 Å². The van der Waals surface area contributed by atoms with Crippen molar-refractivity contribution in [2.45, 2.75) is 13.3 Å². The van der Waals surface area contributed by atoms with Crippen molar-refractivity contribution < 1.29 is 0 Å². The summed E-state index contributed by atoms with van der Waals surface area (Å²) in [5.41, 5.74) is 0.322. The Kier molecular flexibility index (Phi) is 3.03. The number of aromatic nitrogens is 3. The third-order valence-corrected chi connectivity index (χ3v) is 2.60. The fraction of sp³-hybridized carbons (Fsp3) is 0.200. The average molecular weight is 258 g/mol. The number of nitrogens with zero attached hydrogens (tertiary/aromatic N) is 2. The molecule has 0 aliphatic rings. The molecular weight excluding hydrogens is 249 g/mol. The third kappa shape index (κ3) is 1.99. The highest BCUT2D eigenvalue weighted by atomic mass is 35.5. The van der Waals surface area contributed by atoms with E-state index in [-0.39, 0.29) is 5.69 Å². The lowest BCUT2D eigenvalue weighted by molar-refractivity contribution is 0.873. The molecule has 1 aromatic carbocycles. The Morgan fingerprint density at radius 2 is 1.94 bits per heavy atom. The van der Waals surface area contributed by atoms with Gasteiger partial charge in [-0.25, -0.2) is 14.5 Å². The Hall–Kier alpha value is -1.26. The van der Waals surface area contributed by atoms with Crippen molar-refractivity contribution in [2.75, 3.05) is 0 Å². The van der Waals surface area contributed by atoms with E-state index in [1.54, 1.807) is 18.2 Å². The molecule has 0 radical (unpaired) electrons. The Morgan fingerprint density at radius 3 is 2.50 bits per heavy atom. The van der Waals surface area contributed by atoms with E-state index in [1.165, 1.54) is 4.57 Å². The van der Waals surface area contributed by atoms with E-state index in [1.807, 2.05) is 6.92 Å². The third-order valence-electron chi connectivity index (χ3n) is 2.16. The van der Waals surface area contributed by atoms with Gasteiger partial charge in [0.25, 0.3) is 0 Å². The van der Waals surface area contributed by atoms with Crippen LogP contribution in [0.1, 0.15) is 12.7 Å². The van der Waals surface area contributed by atoms with E-state index in [9.17, 15) is 4.79 Å². The lowest BCUT2D eigenvalue weighted by Crippen LogP contribution is -2.16. The van der Waals surface area contributed by atoms with E-state index in [2.05, 4.69) is 10.2 Å². The van der Waals surface area contributed by atoms with Crippen molar-refractivity contribution in [3.05, 3.63) is 44.6 Å². The molecule has 0 aliphatic heterocycles. The van der Waals surface area contributed by atoms with Crippen molar-refractivity contribution in [1.29, 1.82) is 0 Å². The Balaban J connectivity index is 2.66. The number of aromatic amines is 1. The highest BCUT2D eigenvalue weighted by Crippen LogP contribution is 2.21. The van der Waals surface area contributed by atoms with Crippen molar-refractivity contribution in [3.8, 4) is 5.69 Å². The maximum atomic E-state index is 11.6. The fourth-order valence-electron chi connectivity index (χ4n) is 1.50. The van der Waals surface area contributed by atoms with Crippen LogP contribution in [0, 0.1) is 0 Å². The topological polar surface area (TPSA) is 50.7 Å². The molecule has 0 amide bonds. The minimum atomic E-state index is -0.296. The number of aryl methyl sites for hydroxylation is 1. The van der Waals surface area contributed by atoms with Crippen LogP contribution in [-0.4, -0.2) is 14.8 Å². The fourth-order valence-corrected chi connectivity index (χ4v) is 2.02. The van der Waals surface area contributed by atoms with Gasteiger partial charge < -0.3 is 0 Å². The lowest BCUT2D eigenvalue weighted by atomic mass is 10.3. The molecule has 0 unspecified atom stereocenters. The zero-order valence-electron chi connectivity index (χ0n) is 8.50. The predicted octanol–water partition coefficient (Wildman–Crippen LogP) is 2.43. The molecule has 0 bridgehead atoms. The molecule has 0 fully saturated rings. The van der Waals surface area contributed by atoms with Gasteiger partial charge in [0.05, 0.1) is 5.69 Å². The maximum Gasteiger partial charge on any atom is 0.347 e. The van der Waals surface area contributed by atoms with Crippen molar-refractivity contribution in [1.82, 2.24) is 14.8 Å². The quantitative estimate of drug-likeness (QED) is 0.899. The first-order chi connectivity index (χ1) is 7.61. The standard InChI is InChI=1S/C10H9Cl2N3O/c1-2-9-13-14-10(16)15(9)8-4-6(11)3-7(12)5-8/h3-5H,2H2,1H3,(H,14,16). The Labute approximate surface area is 102 Å². The smallest absolute Gasteiger partial charge is 0.247 e. The van der Waals surface area contributed by atoms with Crippen LogP contribution in [0.2, 0.25) is 10.0 Å². The summed E-state index contributed by atoms with van der Waals surface area (Å²) in [4.78, 5) is 11.6. The zero-order valence-corrected chi connectivity index (χ0v) is 10.0. The van der Waals surface area contributed by atoms with Crippen molar-refractivity contribution in [2.24, 2.45) is 0 Å². The molecule has 0 aliphatic carbocycles. The first-order valence-electron chi connectivity index (χ1n) is 4.74. The molecule has 4 nitrogen and oxygen atoms in total.